The molecule has 5 N–H and O–H groups in total. The van der Waals surface area contributed by atoms with Crippen LogP contribution in [0.4, 0.5) is 0 Å². The van der Waals surface area contributed by atoms with Crippen LogP contribution in [-0.4, -0.2) is 86.7 Å². The van der Waals surface area contributed by atoms with Crippen molar-refractivity contribution < 1.29 is 28.8 Å². The molecular formula is C67H104N6O6. The third kappa shape index (κ3) is 8.71. The van der Waals surface area contributed by atoms with Crippen molar-refractivity contribution in [1.82, 2.24) is 31.5 Å². The Kier molecular flexibility index (Phi) is 15.1. The predicted octanol–water partition coefficient (Wildman–Crippen LogP) is 9.76. The lowest BCUT2D eigenvalue weighted by Gasteiger charge is -2.62. The van der Waals surface area contributed by atoms with Gasteiger partial charge in [0.15, 0.2) is 0 Å². The largest absolute Gasteiger partial charge is 0.359 e. The maximum Gasteiger partial charge on any atom is 0.246 e. The van der Waals surface area contributed by atoms with Crippen LogP contribution in [0.3, 0.4) is 0 Å². The van der Waals surface area contributed by atoms with Crippen molar-refractivity contribution in [3.63, 3.8) is 0 Å². The third-order valence-electron chi connectivity index (χ3n) is 27.2. The lowest BCUT2D eigenvalue weighted by Crippen LogP contribution is -2.62. The molecule has 12 rings (SSSR count). The average Bonchev–Trinajstić information content (AvgIpc) is 3.59. The molecule has 9 aliphatic carbocycles. The Balaban J connectivity index is 0.000000134. The molecule has 0 aromatic heterocycles. The standard InChI is InChI=1S/C23H36N2O2.2C22H34N2O2/c1-13-12-17-22(3,10-8-18(26)25(17)6)15-7-9-23(4)16(19(13)15)11-14(2)20(23)21(27)24-5;2*1-12-11-16-21(3,9-7-17(25)24-16)14-6-8-22(4)15(18(12)14)10-13(2)19(22)20(26)23-5/h8,10,13-17,19-20H,7,9,11-12H2,1-6H3,(H,24,27);2*7,9,12-16,18-19H,6,8,10-11H2,1-5H3,(H,23,26)(H,24,25). The van der Waals surface area contributed by atoms with Gasteiger partial charge in [0.1, 0.15) is 0 Å². The number of nitrogens with one attached hydrogen (secondary N) is 5. The molecule has 9 fully saturated rings. The van der Waals surface area contributed by atoms with Crippen LogP contribution < -0.4 is 26.6 Å². The zero-order valence-corrected chi connectivity index (χ0v) is 51.5. The molecule has 27 atom stereocenters. The molecule has 12 nitrogen and oxygen atoms in total. The van der Waals surface area contributed by atoms with Crippen molar-refractivity contribution in [2.45, 2.75) is 178 Å². The van der Waals surface area contributed by atoms with Crippen molar-refractivity contribution in [1.29, 1.82) is 0 Å². The summed E-state index contributed by atoms with van der Waals surface area (Å²) in [6, 6.07) is 0.826. The van der Waals surface area contributed by atoms with E-state index < -0.39 is 0 Å². The van der Waals surface area contributed by atoms with Gasteiger partial charge in [-0.1, -0.05) is 101 Å². The van der Waals surface area contributed by atoms with Gasteiger partial charge in [0.2, 0.25) is 35.4 Å². The molecule has 27 unspecified atom stereocenters. The first kappa shape index (κ1) is 58.2. The highest BCUT2D eigenvalue weighted by atomic mass is 16.2. The number of nitrogens with zero attached hydrogens (tertiary/aromatic N) is 1. The maximum atomic E-state index is 12.7. The third-order valence-corrected chi connectivity index (χ3v) is 27.2. The Bertz CT molecular complexity index is 2430. The molecule has 12 aliphatic rings. The van der Waals surface area contributed by atoms with E-state index in [2.05, 4.69) is 128 Å². The highest BCUT2D eigenvalue weighted by Crippen LogP contribution is 2.71. The molecule has 9 saturated carbocycles. The molecule has 0 spiro atoms. The smallest absolute Gasteiger partial charge is 0.246 e. The number of amides is 6. The van der Waals surface area contributed by atoms with Gasteiger partial charge in [-0.3, -0.25) is 28.8 Å². The number of hydrogen-bond donors (Lipinski definition) is 5. The molecule has 0 aromatic rings. The zero-order chi connectivity index (χ0) is 57.4. The summed E-state index contributed by atoms with van der Waals surface area (Å²) in [5.41, 5.74) is 0.509. The summed E-state index contributed by atoms with van der Waals surface area (Å²) in [4.78, 5) is 76.2. The Morgan fingerprint density at radius 1 is 0.456 bits per heavy atom. The van der Waals surface area contributed by atoms with E-state index in [4.69, 9.17) is 0 Å². The average molecular weight is 1090 g/mol. The second-order valence-corrected chi connectivity index (χ2v) is 30.7. The highest BCUT2D eigenvalue weighted by molar-refractivity contribution is 5.90. The summed E-state index contributed by atoms with van der Waals surface area (Å²) < 4.78 is 0. The van der Waals surface area contributed by atoms with Crippen molar-refractivity contribution in [2.24, 2.45) is 139 Å². The van der Waals surface area contributed by atoms with E-state index in [9.17, 15) is 28.8 Å². The van der Waals surface area contributed by atoms with Gasteiger partial charge in [0, 0.05) is 80.3 Å². The summed E-state index contributed by atoms with van der Waals surface area (Å²) in [6.07, 6.45) is 25.5. The fraction of sp³-hybridized carbons (Fsp3) is 0.821. The zero-order valence-electron chi connectivity index (χ0n) is 51.5. The van der Waals surface area contributed by atoms with Crippen LogP contribution >= 0.6 is 0 Å². The summed E-state index contributed by atoms with van der Waals surface area (Å²) in [5.74, 6) is 10.1. The minimum Gasteiger partial charge on any atom is -0.359 e. The number of likely N-dealkylation sites (N-methyl/N-ethyl adjacent to an activating group) is 1. The second-order valence-electron chi connectivity index (χ2n) is 30.7. The van der Waals surface area contributed by atoms with Crippen LogP contribution in [0.1, 0.15) is 160 Å². The highest BCUT2D eigenvalue weighted by Gasteiger charge is 2.68. The molecule has 0 aromatic carbocycles. The van der Waals surface area contributed by atoms with Crippen LogP contribution in [-0.2, 0) is 28.8 Å². The van der Waals surface area contributed by atoms with Crippen molar-refractivity contribution in [3.8, 4) is 0 Å². The maximum absolute atomic E-state index is 12.7. The number of rotatable bonds is 3. The van der Waals surface area contributed by atoms with Crippen LogP contribution in [0.25, 0.3) is 0 Å². The van der Waals surface area contributed by atoms with Crippen molar-refractivity contribution in [2.75, 3.05) is 28.2 Å². The summed E-state index contributed by atoms with van der Waals surface area (Å²) in [5, 5.41) is 15.3. The van der Waals surface area contributed by atoms with Gasteiger partial charge in [0.05, 0.1) is 0 Å². The van der Waals surface area contributed by atoms with Crippen LogP contribution in [0, 0.1) is 139 Å². The normalized spacial score (nSPS) is 52.1. The van der Waals surface area contributed by atoms with Crippen molar-refractivity contribution in [3.05, 3.63) is 36.5 Å². The van der Waals surface area contributed by atoms with Gasteiger partial charge in [-0.05, 0) is 200 Å². The Labute approximate surface area is 475 Å². The number of carbonyl (C=O) groups is 6. The predicted molar refractivity (Wildman–Crippen MR) is 311 cm³/mol. The fourth-order valence-corrected chi connectivity index (χ4v) is 23.7. The van der Waals surface area contributed by atoms with Gasteiger partial charge in [-0.25, -0.2) is 0 Å². The number of fused-ring (bicyclic) bond motifs is 15. The Morgan fingerprint density at radius 3 is 1.11 bits per heavy atom. The monoisotopic (exact) mass is 1090 g/mol. The van der Waals surface area contributed by atoms with Crippen molar-refractivity contribution >= 4 is 35.4 Å². The SMILES string of the molecule is CNC(=O)C1C(C)CC2C3C(C)CC4N(C)C(=O)C=CC4(C)C3CCC21C.CNC(=O)C1C(C)CC2C3C(C)CC4NC(=O)C=CC4(C)C3CCC21C.CNC(=O)C1C(C)CC2C3C(C)CC4NC(=O)C=CC4(C)C3CCC21C. The minimum absolute atomic E-state index is 0.0563. The first-order valence-electron chi connectivity index (χ1n) is 31.7. The molecule has 79 heavy (non-hydrogen) atoms. The molecule has 438 valence electrons. The fourth-order valence-electron chi connectivity index (χ4n) is 23.7. The first-order chi connectivity index (χ1) is 37.1. The van der Waals surface area contributed by atoms with E-state index in [1.165, 1.54) is 12.8 Å². The molecule has 3 heterocycles. The lowest BCUT2D eigenvalue weighted by molar-refractivity contribution is -0.148. The van der Waals surface area contributed by atoms with E-state index in [1.54, 1.807) is 33.3 Å². The molecule has 6 amide bonds. The van der Waals surface area contributed by atoms with Gasteiger partial charge in [-0.15, -0.1) is 0 Å². The summed E-state index contributed by atoms with van der Waals surface area (Å²) in [7, 11) is 7.32. The van der Waals surface area contributed by atoms with Gasteiger partial charge in [-0.2, -0.15) is 0 Å². The molecule has 0 bridgehead atoms. The van der Waals surface area contributed by atoms with Crippen LogP contribution in [0.2, 0.25) is 0 Å². The quantitative estimate of drug-likeness (QED) is 0.189. The van der Waals surface area contributed by atoms with Gasteiger partial charge >= 0.3 is 0 Å². The first-order valence-corrected chi connectivity index (χ1v) is 31.7. The van der Waals surface area contributed by atoms with E-state index in [0.29, 0.717) is 94.8 Å². The van der Waals surface area contributed by atoms with Crippen LogP contribution in [0.15, 0.2) is 36.5 Å². The van der Waals surface area contributed by atoms with Gasteiger partial charge in [0.25, 0.3) is 0 Å². The summed E-state index contributed by atoms with van der Waals surface area (Å²) in [6.45, 7) is 28.3. The lowest BCUT2D eigenvalue weighted by atomic mass is 9.45. The minimum atomic E-state index is 0.0563. The van der Waals surface area contributed by atoms with E-state index in [1.807, 2.05) is 18.0 Å². The second kappa shape index (κ2) is 20.4. The van der Waals surface area contributed by atoms with E-state index >= 15 is 0 Å². The summed E-state index contributed by atoms with van der Waals surface area (Å²) >= 11 is 0. The molecule has 0 radical (unpaired) electrons. The molecule has 12 heteroatoms. The van der Waals surface area contributed by atoms with Crippen LogP contribution in [0.5, 0.6) is 0 Å². The Morgan fingerprint density at radius 2 is 0.772 bits per heavy atom. The topological polar surface area (TPSA) is 166 Å². The number of carbonyl (C=O) groups excluding carboxylic acids is 6. The van der Waals surface area contributed by atoms with E-state index in [-0.39, 0.29) is 97.8 Å². The number of hydrogen-bond acceptors (Lipinski definition) is 6. The van der Waals surface area contributed by atoms with Gasteiger partial charge < -0.3 is 31.5 Å². The molecule has 3 aliphatic heterocycles. The molecular weight excluding hydrogens is 985 g/mol. The van der Waals surface area contributed by atoms with E-state index in [0.717, 1.165) is 64.2 Å². The molecule has 0 saturated heterocycles. The Hall–Kier alpha value is -3.96.